The van der Waals surface area contributed by atoms with Gasteiger partial charge in [0.25, 0.3) is 0 Å². The van der Waals surface area contributed by atoms with Crippen molar-refractivity contribution < 1.29 is 9.84 Å². The molecule has 3 nitrogen and oxygen atoms in total. The van der Waals surface area contributed by atoms with Gasteiger partial charge in [0.15, 0.2) is 0 Å². The van der Waals surface area contributed by atoms with E-state index in [-0.39, 0.29) is 0 Å². The third kappa shape index (κ3) is 3.00. The zero-order valence-corrected chi connectivity index (χ0v) is 11.8. The van der Waals surface area contributed by atoms with Crippen LogP contribution in [0.15, 0.2) is 18.2 Å². The summed E-state index contributed by atoms with van der Waals surface area (Å²) in [6, 6.07) is 5.89. The number of benzene rings is 1. The van der Waals surface area contributed by atoms with Crippen molar-refractivity contribution in [3.63, 3.8) is 0 Å². The van der Waals surface area contributed by atoms with Crippen LogP contribution in [-0.4, -0.2) is 22.8 Å². The van der Waals surface area contributed by atoms with E-state index in [0.717, 1.165) is 22.4 Å². The zero-order chi connectivity index (χ0) is 13.1. The number of aliphatic hydroxyl groups excluding tert-OH is 1. The molecule has 0 aliphatic rings. The maximum atomic E-state index is 9.20. The topological polar surface area (TPSA) is 42.4 Å². The van der Waals surface area contributed by atoms with Crippen LogP contribution >= 0.6 is 11.3 Å². The van der Waals surface area contributed by atoms with E-state index in [2.05, 4.69) is 18.8 Å². The Balaban J connectivity index is 2.22. The van der Waals surface area contributed by atoms with Crippen molar-refractivity contribution in [2.75, 3.05) is 6.61 Å². The second kappa shape index (κ2) is 5.67. The number of ether oxygens (including phenoxy) is 1. The average Bonchev–Trinajstić information content (AvgIpc) is 2.78. The highest BCUT2D eigenvalue weighted by Crippen LogP contribution is 2.31. The number of thiazole rings is 1. The van der Waals surface area contributed by atoms with E-state index in [4.69, 9.17) is 4.74 Å². The predicted molar refractivity (Wildman–Crippen MR) is 75.5 cm³/mol. The third-order valence-corrected chi connectivity index (χ3v) is 4.15. The predicted octanol–water partition coefficient (Wildman–Crippen LogP) is 3.57. The molecule has 98 valence electrons. The summed E-state index contributed by atoms with van der Waals surface area (Å²) in [7, 11) is 0. The Labute approximate surface area is 111 Å². The molecule has 0 amide bonds. The minimum absolute atomic E-state index is 0.322. The molecule has 0 aliphatic carbocycles. The molecule has 0 bridgehead atoms. The molecule has 2 atom stereocenters. The molecule has 4 heteroatoms. The van der Waals surface area contributed by atoms with Crippen LogP contribution < -0.4 is 4.74 Å². The highest BCUT2D eigenvalue weighted by atomic mass is 32.1. The standard InChI is InChI=1S/C14H19NO2S/c1-4-9(2)14-15-12-6-5-11(7-13(12)18-14)17-8-10(3)16/h5-7,9-10,16H,4,8H2,1-3H3. The van der Waals surface area contributed by atoms with Crippen molar-refractivity contribution >= 4 is 21.6 Å². The summed E-state index contributed by atoms with van der Waals surface area (Å²) in [5.41, 5.74) is 1.03. The van der Waals surface area contributed by atoms with Gasteiger partial charge < -0.3 is 9.84 Å². The fraction of sp³-hybridized carbons (Fsp3) is 0.500. The lowest BCUT2D eigenvalue weighted by molar-refractivity contribution is 0.123. The van der Waals surface area contributed by atoms with Crippen molar-refractivity contribution in [2.24, 2.45) is 0 Å². The monoisotopic (exact) mass is 265 g/mol. The van der Waals surface area contributed by atoms with Crippen LogP contribution in [0.3, 0.4) is 0 Å². The van der Waals surface area contributed by atoms with Crippen LogP contribution in [0.1, 0.15) is 38.1 Å². The molecular formula is C14H19NO2S. The van der Waals surface area contributed by atoms with Crippen molar-refractivity contribution in [2.45, 2.75) is 39.2 Å². The van der Waals surface area contributed by atoms with Crippen molar-refractivity contribution in [1.29, 1.82) is 0 Å². The van der Waals surface area contributed by atoms with Crippen LogP contribution in [0, 0.1) is 0 Å². The number of fused-ring (bicyclic) bond motifs is 1. The number of rotatable bonds is 5. The molecule has 0 aliphatic heterocycles. The van der Waals surface area contributed by atoms with Gasteiger partial charge in [0.05, 0.1) is 21.3 Å². The molecule has 0 radical (unpaired) electrons. The van der Waals surface area contributed by atoms with Crippen molar-refractivity contribution in [3.05, 3.63) is 23.2 Å². The van der Waals surface area contributed by atoms with Crippen LogP contribution in [0.2, 0.25) is 0 Å². The molecule has 0 saturated heterocycles. The minimum atomic E-state index is -0.446. The van der Waals surface area contributed by atoms with E-state index in [9.17, 15) is 5.11 Å². The first-order chi connectivity index (χ1) is 8.60. The van der Waals surface area contributed by atoms with Crippen LogP contribution in [0.25, 0.3) is 10.2 Å². The molecule has 18 heavy (non-hydrogen) atoms. The zero-order valence-electron chi connectivity index (χ0n) is 11.0. The minimum Gasteiger partial charge on any atom is -0.491 e. The lowest BCUT2D eigenvalue weighted by atomic mass is 10.1. The summed E-state index contributed by atoms with van der Waals surface area (Å²) in [4.78, 5) is 4.63. The van der Waals surface area contributed by atoms with Gasteiger partial charge in [0.2, 0.25) is 0 Å². The summed E-state index contributed by atoms with van der Waals surface area (Å²) >= 11 is 1.72. The van der Waals surface area contributed by atoms with Crippen molar-refractivity contribution in [1.82, 2.24) is 4.98 Å². The second-order valence-corrected chi connectivity index (χ2v) is 5.71. The molecule has 0 spiro atoms. The first kappa shape index (κ1) is 13.3. The molecule has 2 unspecified atom stereocenters. The van der Waals surface area contributed by atoms with Gasteiger partial charge >= 0.3 is 0 Å². The molecule has 0 saturated carbocycles. The maximum Gasteiger partial charge on any atom is 0.121 e. The Hall–Kier alpha value is -1.13. The second-order valence-electron chi connectivity index (χ2n) is 4.65. The normalized spacial score (nSPS) is 14.7. The summed E-state index contributed by atoms with van der Waals surface area (Å²) in [5.74, 6) is 1.30. The van der Waals surface area contributed by atoms with Gasteiger partial charge in [0, 0.05) is 5.92 Å². The fourth-order valence-electron chi connectivity index (χ4n) is 1.61. The van der Waals surface area contributed by atoms with E-state index in [1.165, 1.54) is 5.01 Å². The van der Waals surface area contributed by atoms with E-state index in [0.29, 0.717) is 12.5 Å². The van der Waals surface area contributed by atoms with Gasteiger partial charge in [-0.15, -0.1) is 11.3 Å². The molecule has 1 aromatic carbocycles. The first-order valence-corrected chi connectivity index (χ1v) is 7.13. The summed E-state index contributed by atoms with van der Waals surface area (Å²) in [6.07, 6.45) is 0.656. The number of hydrogen-bond acceptors (Lipinski definition) is 4. The first-order valence-electron chi connectivity index (χ1n) is 6.31. The van der Waals surface area contributed by atoms with Gasteiger partial charge in [-0.2, -0.15) is 0 Å². The molecule has 2 aromatic rings. The molecule has 1 heterocycles. The number of aromatic nitrogens is 1. The van der Waals surface area contributed by atoms with Crippen LogP contribution in [-0.2, 0) is 0 Å². The Morgan fingerprint density at radius 3 is 2.83 bits per heavy atom. The third-order valence-electron chi connectivity index (χ3n) is 2.90. The number of hydrogen-bond donors (Lipinski definition) is 1. The van der Waals surface area contributed by atoms with E-state index >= 15 is 0 Å². The maximum absolute atomic E-state index is 9.20. The number of aliphatic hydroxyl groups is 1. The largest absolute Gasteiger partial charge is 0.491 e. The van der Waals surface area contributed by atoms with Gasteiger partial charge in [-0.05, 0) is 31.5 Å². The summed E-state index contributed by atoms with van der Waals surface area (Å²) in [5, 5.41) is 10.4. The smallest absolute Gasteiger partial charge is 0.121 e. The Morgan fingerprint density at radius 2 is 2.17 bits per heavy atom. The van der Waals surface area contributed by atoms with E-state index in [1.807, 2.05) is 18.2 Å². The van der Waals surface area contributed by atoms with Gasteiger partial charge in [-0.3, -0.25) is 0 Å². The fourth-order valence-corrected chi connectivity index (χ4v) is 2.75. The molecular weight excluding hydrogens is 246 g/mol. The molecule has 1 aromatic heterocycles. The van der Waals surface area contributed by atoms with Gasteiger partial charge in [0.1, 0.15) is 12.4 Å². The quantitative estimate of drug-likeness (QED) is 0.898. The Kier molecular flexibility index (Phi) is 4.19. The highest BCUT2D eigenvalue weighted by Gasteiger charge is 2.10. The summed E-state index contributed by atoms with van der Waals surface area (Å²) in [6.45, 7) is 6.41. The molecule has 2 rings (SSSR count). The van der Waals surface area contributed by atoms with Crippen molar-refractivity contribution in [3.8, 4) is 5.75 Å². The summed E-state index contributed by atoms with van der Waals surface area (Å²) < 4.78 is 6.65. The lowest BCUT2D eigenvalue weighted by Crippen LogP contribution is -2.12. The van der Waals surface area contributed by atoms with Gasteiger partial charge in [-0.1, -0.05) is 13.8 Å². The van der Waals surface area contributed by atoms with Crippen LogP contribution in [0.4, 0.5) is 0 Å². The SMILES string of the molecule is CCC(C)c1nc2ccc(OCC(C)O)cc2s1. The van der Waals surface area contributed by atoms with E-state index < -0.39 is 6.10 Å². The van der Waals surface area contributed by atoms with Gasteiger partial charge in [-0.25, -0.2) is 4.98 Å². The lowest BCUT2D eigenvalue weighted by Gasteiger charge is -2.07. The van der Waals surface area contributed by atoms with Crippen LogP contribution in [0.5, 0.6) is 5.75 Å². The molecule has 0 fully saturated rings. The average molecular weight is 265 g/mol. The Morgan fingerprint density at radius 1 is 1.39 bits per heavy atom. The highest BCUT2D eigenvalue weighted by molar-refractivity contribution is 7.18. The molecule has 1 N–H and O–H groups in total. The van der Waals surface area contributed by atoms with E-state index in [1.54, 1.807) is 18.3 Å². The number of nitrogens with zero attached hydrogens (tertiary/aromatic N) is 1. The Bertz CT molecular complexity index is 521.